The van der Waals surface area contributed by atoms with E-state index < -0.39 is 0 Å². The van der Waals surface area contributed by atoms with Crippen LogP contribution in [0.5, 0.6) is 5.88 Å². The van der Waals surface area contributed by atoms with Crippen LogP contribution in [0.4, 0.5) is 5.82 Å². The van der Waals surface area contributed by atoms with Gasteiger partial charge in [-0.05, 0) is 25.8 Å². The van der Waals surface area contributed by atoms with Gasteiger partial charge in [0.2, 0.25) is 0 Å². The Morgan fingerprint density at radius 2 is 2.16 bits per heavy atom. The first-order valence-electron chi connectivity index (χ1n) is 8.37. The van der Waals surface area contributed by atoms with Crippen molar-refractivity contribution in [1.82, 2.24) is 25.1 Å². The Kier molecular flexibility index (Phi) is 3.96. The number of anilines is 1. The van der Waals surface area contributed by atoms with Gasteiger partial charge in [-0.1, -0.05) is 6.07 Å². The Bertz CT molecular complexity index is 852. The Hall–Kier alpha value is -2.74. The zero-order valence-corrected chi connectivity index (χ0v) is 14.1. The molecule has 0 atom stereocenters. The van der Waals surface area contributed by atoms with E-state index in [0.29, 0.717) is 23.7 Å². The third-order valence-corrected chi connectivity index (χ3v) is 4.55. The van der Waals surface area contributed by atoms with Gasteiger partial charge in [0.05, 0.1) is 6.20 Å². The molecule has 0 amide bonds. The van der Waals surface area contributed by atoms with Crippen LogP contribution < -0.4 is 15.4 Å². The molecule has 0 radical (unpaired) electrons. The molecular formula is C17H21N7O. The molecule has 1 aliphatic heterocycles. The van der Waals surface area contributed by atoms with Crippen molar-refractivity contribution in [3.05, 3.63) is 36.3 Å². The molecule has 8 heteroatoms. The van der Waals surface area contributed by atoms with Crippen LogP contribution in [0.1, 0.15) is 25.3 Å². The summed E-state index contributed by atoms with van der Waals surface area (Å²) in [6, 6.07) is 3.82. The smallest absolute Gasteiger partial charge is 0.261 e. The van der Waals surface area contributed by atoms with Crippen molar-refractivity contribution in [3.63, 3.8) is 0 Å². The van der Waals surface area contributed by atoms with Crippen LogP contribution in [0, 0.1) is 0 Å². The standard InChI is InChI=1S/C17H21N7O/c1-17(18)4-7-24(8-5-17)13-10-20-14-15(21-13)22-23-16(14)25-11-12-3-2-6-19-9-12/h2-3,6,9-10H,4-5,7-8,11,18H2,1H3,(H,21,22,23). The second-order valence-electron chi connectivity index (χ2n) is 6.75. The number of nitrogens with two attached hydrogens (primary N) is 1. The number of pyridine rings is 1. The highest BCUT2D eigenvalue weighted by Crippen LogP contribution is 2.25. The maximum Gasteiger partial charge on any atom is 0.261 e. The van der Waals surface area contributed by atoms with Crippen molar-refractivity contribution < 1.29 is 4.74 Å². The quantitative estimate of drug-likeness (QED) is 0.744. The Morgan fingerprint density at radius 1 is 1.32 bits per heavy atom. The molecule has 1 aliphatic rings. The van der Waals surface area contributed by atoms with Crippen LogP contribution in [0.25, 0.3) is 11.2 Å². The minimum absolute atomic E-state index is 0.0880. The Balaban J connectivity index is 1.49. The van der Waals surface area contributed by atoms with Gasteiger partial charge in [-0.2, -0.15) is 0 Å². The van der Waals surface area contributed by atoms with E-state index >= 15 is 0 Å². The number of nitrogens with one attached hydrogen (secondary N) is 1. The molecular weight excluding hydrogens is 318 g/mol. The molecule has 25 heavy (non-hydrogen) atoms. The summed E-state index contributed by atoms with van der Waals surface area (Å²) in [6.07, 6.45) is 7.15. The number of aromatic amines is 1. The molecule has 3 aromatic rings. The van der Waals surface area contributed by atoms with E-state index in [-0.39, 0.29) is 5.54 Å². The fourth-order valence-corrected chi connectivity index (χ4v) is 2.91. The summed E-state index contributed by atoms with van der Waals surface area (Å²) in [4.78, 5) is 15.4. The van der Waals surface area contributed by atoms with E-state index in [0.717, 1.165) is 37.3 Å². The molecule has 3 aromatic heterocycles. The van der Waals surface area contributed by atoms with Crippen molar-refractivity contribution in [2.75, 3.05) is 18.0 Å². The summed E-state index contributed by atoms with van der Waals surface area (Å²) in [5.74, 6) is 1.29. The summed E-state index contributed by atoms with van der Waals surface area (Å²) in [5.41, 5.74) is 8.34. The molecule has 3 N–H and O–H groups in total. The van der Waals surface area contributed by atoms with Gasteiger partial charge >= 0.3 is 0 Å². The Morgan fingerprint density at radius 3 is 2.92 bits per heavy atom. The summed E-state index contributed by atoms with van der Waals surface area (Å²) in [7, 11) is 0. The predicted octanol–water partition coefficient (Wildman–Crippen LogP) is 1.64. The van der Waals surface area contributed by atoms with Crippen LogP contribution in [0.3, 0.4) is 0 Å². The van der Waals surface area contributed by atoms with Gasteiger partial charge < -0.3 is 15.4 Å². The van der Waals surface area contributed by atoms with Crippen molar-refractivity contribution in [2.45, 2.75) is 31.9 Å². The number of hydrogen-bond acceptors (Lipinski definition) is 7. The molecule has 8 nitrogen and oxygen atoms in total. The zero-order valence-electron chi connectivity index (χ0n) is 14.1. The van der Waals surface area contributed by atoms with Crippen molar-refractivity contribution in [3.8, 4) is 5.88 Å². The van der Waals surface area contributed by atoms with Crippen LogP contribution in [0.2, 0.25) is 0 Å². The molecule has 0 bridgehead atoms. The molecule has 4 heterocycles. The monoisotopic (exact) mass is 339 g/mol. The van der Waals surface area contributed by atoms with Gasteiger partial charge in [-0.15, -0.1) is 5.10 Å². The molecule has 0 aliphatic carbocycles. The second-order valence-corrected chi connectivity index (χ2v) is 6.75. The predicted molar refractivity (Wildman–Crippen MR) is 94.3 cm³/mol. The van der Waals surface area contributed by atoms with Crippen molar-refractivity contribution >= 4 is 17.0 Å². The van der Waals surface area contributed by atoms with Gasteiger partial charge in [0.15, 0.2) is 11.2 Å². The summed E-state index contributed by atoms with van der Waals surface area (Å²) in [6.45, 7) is 4.25. The summed E-state index contributed by atoms with van der Waals surface area (Å²) >= 11 is 0. The number of aromatic nitrogens is 5. The number of hydrogen-bond donors (Lipinski definition) is 2. The van der Waals surface area contributed by atoms with Gasteiger partial charge in [0, 0.05) is 36.6 Å². The number of fused-ring (bicyclic) bond motifs is 1. The summed E-state index contributed by atoms with van der Waals surface area (Å²) < 4.78 is 5.74. The maximum atomic E-state index is 6.19. The number of ether oxygens (including phenoxy) is 1. The largest absolute Gasteiger partial charge is 0.470 e. The van der Waals surface area contributed by atoms with Crippen LogP contribution in [-0.4, -0.2) is 43.8 Å². The lowest BCUT2D eigenvalue weighted by molar-refractivity contribution is 0.296. The van der Waals surface area contributed by atoms with Crippen LogP contribution >= 0.6 is 0 Å². The third-order valence-electron chi connectivity index (χ3n) is 4.55. The number of H-pyrrole nitrogens is 1. The lowest BCUT2D eigenvalue weighted by Gasteiger charge is -2.37. The van der Waals surface area contributed by atoms with Gasteiger partial charge in [0.1, 0.15) is 12.4 Å². The number of piperidine rings is 1. The van der Waals surface area contributed by atoms with Gasteiger partial charge in [-0.25, -0.2) is 9.97 Å². The average molecular weight is 339 g/mol. The highest BCUT2D eigenvalue weighted by Gasteiger charge is 2.27. The fraction of sp³-hybridized carbons (Fsp3) is 0.412. The zero-order chi connectivity index (χ0) is 17.3. The average Bonchev–Trinajstić information content (AvgIpc) is 3.03. The SMILES string of the molecule is CC1(N)CCN(c2cnc3c(OCc4cccnc4)n[nH]c3n2)CC1. The normalized spacial score (nSPS) is 17.0. The highest BCUT2D eigenvalue weighted by atomic mass is 16.5. The topological polar surface area (TPSA) is 106 Å². The Labute approximate surface area is 145 Å². The maximum absolute atomic E-state index is 6.19. The van der Waals surface area contributed by atoms with Crippen molar-refractivity contribution in [1.29, 1.82) is 0 Å². The molecule has 130 valence electrons. The first-order chi connectivity index (χ1) is 12.1. The van der Waals surface area contributed by atoms with Gasteiger partial charge in [-0.3, -0.25) is 10.1 Å². The molecule has 4 rings (SSSR count). The molecule has 0 spiro atoms. The van der Waals surface area contributed by atoms with E-state index in [4.69, 9.17) is 10.5 Å². The van der Waals surface area contributed by atoms with E-state index in [1.54, 1.807) is 18.6 Å². The minimum Gasteiger partial charge on any atom is -0.470 e. The van der Waals surface area contributed by atoms with E-state index in [9.17, 15) is 0 Å². The van der Waals surface area contributed by atoms with E-state index in [2.05, 4.69) is 37.0 Å². The fourth-order valence-electron chi connectivity index (χ4n) is 2.91. The van der Waals surface area contributed by atoms with E-state index in [1.807, 2.05) is 12.1 Å². The molecule has 0 aromatic carbocycles. The van der Waals surface area contributed by atoms with Crippen molar-refractivity contribution in [2.24, 2.45) is 5.73 Å². The second kappa shape index (κ2) is 6.29. The molecule has 1 saturated heterocycles. The van der Waals surface area contributed by atoms with Gasteiger partial charge in [0.25, 0.3) is 5.88 Å². The lowest BCUT2D eigenvalue weighted by atomic mass is 9.91. The number of nitrogens with zero attached hydrogens (tertiary/aromatic N) is 5. The molecule has 1 fully saturated rings. The number of rotatable bonds is 4. The first-order valence-corrected chi connectivity index (χ1v) is 8.37. The lowest BCUT2D eigenvalue weighted by Crippen LogP contribution is -2.48. The minimum atomic E-state index is -0.0880. The summed E-state index contributed by atoms with van der Waals surface area (Å²) in [5, 5.41) is 7.09. The van der Waals surface area contributed by atoms with Crippen LogP contribution in [-0.2, 0) is 6.61 Å². The molecule has 0 saturated carbocycles. The molecule has 0 unspecified atom stereocenters. The first kappa shape index (κ1) is 15.8. The third kappa shape index (κ3) is 3.39. The van der Waals surface area contributed by atoms with Crippen LogP contribution in [0.15, 0.2) is 30.7 Å². The van der Waals surface area contributed by atoms with E-state index in [1.165, 1.54) is 0 Å². The highest BCUT2D eigenvalue weighted by molar-refractivity contribution is 5.77.